The Morgan fingerprint density at radius 2 is 1.95 bits per heavy atom. The average molecular weight is 572 g/mol. The van der Waals surface area contributed by atoms with Gasteiger partial charge in [-0.1, -0.05) is 0 Å². The molecule has 202 valence electrons. The van der Waals surface area contributed by atoms with Crippen molar-refractivity contribution in [2.45, 2.75) is 42.2 Å². The lowest BCUT2D eigenvalue weighted by atomic mass is 10.1. The van der Waals surface area contributed by atoms with Crippen molar-refractivity contribution in [2.75, 3.05) is 39.1 Å². The largest absolute Gasteiger partial charge is 0.493 e. The highest BCUT2D eigenvalue weighted by Crippen LogP contribution is 2.36. The number of hydroxylamine groups is 1. The summed E-state index contributed by atoms with van der Waals surface area (Å²) in [6, 6.07) is 7.71. The van der Waals surface area contributed by atoms with Gasteiger partial charge in [0.15, 0.2) is 6.29 Å². The lowest BCUT2D eigenvalue weighted by Crippen LogP contribution is -2.61. The van der Waals surface area contributed by atoms with Gasteiger partial charge in [0.2, 0.25) is 10.0 Å². The van der Waals surface area contributed by atoms with Gasteiger partial charge in [-0.15, -0.1) is 11.3 Å². The van der Waals surface area contributed by atoms with Crippen LogP contribution in [0.5, 0.6) is 5.75 Å². The molecule has 5 rings (SSSR count). The minimum Gasteiger partial charge on any atom is -0.493 e. The molecule has 2 fully saturated rings. The minimum atomic E-state index is -4.11. The number of ether oxygens (including phenoxy) is 2. The van der Waals surface area contributed by atoms with Crippen LogP contribution >= 0.6 is 11.3 Å². The summed E-state index contributed by atoms with van der Waals surface area (Å²) in [5, 5.41) is 0. The van der Waals surface area contributed by atoms with Crippen LogP contribution in [0.3, 0.4) is 0 Å². The van der Waals surface area contributed by atoms with Crippen LogP contribution in [0.25, 0.3) is 10.4 Å². The zero-order valence-corrected chi connectivity index (χ0v) is 22.7. The van der Waals surface area contributed by atoms with Gasteiger partial charge in [-0.05, 0) is 54.3 Å². The Morgan fingerprint density at radius 3 is 2.70 bits per heavy atom. The number of nitrogens with zero attached hydrogens (tertiary/aromatic N) is 2. The maximum atomic E-state index is 13.7. The van der Waals surface area contributed by atoms with E-state index in [1.54, 1.807) is 6.07 Å². The number of amides is 1. The zero-order chi connectivity index (χ0) is 26.2. The smallest absolute Gasteiger partial charge is 0.263 e. The normalized spacial score (nSPS) is 23.4. The third-order valence-corrected chi connectivity index (χ3v) is 11.4. The van der Waals surface area contributed by atoms with Crippen LogP contribution < -0.4 is 10.2 Å². The standard InChI is InChI=1S/C23H29N3O8S3/c1-36(28,29)25-10-11-26(18(15-25)23(27)24-34-21-4-2-3-12-33-21)37(30,31)22-8-7-20(35-22)17-5-6-19-16(14-17)9-13-32-19/h5-8,14,18,21H,2-4,9-13,15H2,1H3,(H,24,27)/t18-,21?/m1/s1. The lowest BCUT2D eigenvalue weighted by Gasteiger charge is -2.38. The van der Waals surface area contributed by atoms with Crippen LogP contribution in [0.2, 0.25) is 0 Å². The van der Waals surface area contributed by atoms with E-state index in [4.69, 9.17) is 14.3 Å². The maximum Gasteiger partial charge on any atom is 0.263 e. The molecule has 1 N–H and O–H groups in total. The Morgan fingerprint density at radius 1 is 1.11 bits per heavy atom. The molecular weight excluding hydrogens is 542 g/mol. The number of carbonyl (C=O) groups is 1. The summed E-state index contributed by atoms with van der Waals surface area (Å²) in [4.78, 5) is 19.2. The Balaban J connectivity index is 1.38. The SMILES string of the molecule is CS(=O)(=O)N1CCN(S(=O)(=O)c2ccc(-c3ccc4c(c3)CCO4)s2)[C@@H](C(=O)NOC2CCCCO2)C1. The lowest BCUT2D eigenvalue weighted by molar-refractivity contribution is -0.202. The van der Waals surface area contributed by atoms with Gasteiger partial charge < -0.3 is 9.47 Å². The number of fused-ring (bicyclic) bond motifs is 1. The van der Waals surface area contributed by atoms with Gasteiger partial charge in [0.1, 0.15) is 16.0 Å². The Bertz CT molecular complexity index is 1370. The Labute approximate surface area is 220 Å². The maximum absolute atomic E-state index is 13.7. The number of rotatable bonds is 7. The van der Waals surface area contributed by atoms with E-state index < -0.39 is 38.3 Å². The highest BCUT2D eigenvalue weighted by atomic mass is 32.2. The summed E-state index contributed by atoms with van der Waals surface area (Å²) < 4.78 is 65.0. The number of benzene rings is 1. The third kappa shape index (κ3) is 5.70. The van der Waals surface area contributed by atoms with E-state index in [1.807, 2.05) is 18.2 Å². The van der Waals surface area contributed by atoms with Gasteiger partial charge >= 0.3 is 0 Å². The first-order valence-corrected chi connectivity index (χ1v) is 16.1. The second kappa shape index (κ2) is 10.6. The van der Waals surface area contributed by atoms with Crippen LogP contribution in [0.1, 0.15) is 24.8 Å². The molecule has 2 aromatic rings. The quantitative estimate of drug-likeness (QED) is 0.496. The van der Waals surface area contributed by atoms with Crippen molar-refractivity contribution >= 4 is 37.3 Å². The molecule has 2 atom stereocenters. The molecule has 3 aliphatic rings. The first kappa shape index (κ1) is 26.5. The molecule has 11 nitrogen and oxygen atoms in total. The molecule has 1 aromatic carbocycles. The van der Waals surface area contributed by atoms with Gasteiger partial charge in [-0.3, -0.25) is 4.79 Å². The van der Waals surface area contributed by atoms with Gasteiger partial charge in [-0.25, -0.2) is 27.2 Å². The third-order valence-electron chi connectivity index (χ3n) is 6.61. The minimum absolute atomic E-state index is 0.0580. The van der Waals surface area contributed by atoms with Crippen molar-refractivity contribution in [2.24, 2.45) is 0 Å². The number of hydrogen-bond acceptors (Lipinski definition) is 9. The van der Waals surface area contributed by atoms with Gasteiger partial charge in [0.25, 0.3) is 15.9 Å². The van der Waals surface area contributed by atoms with Crippen LogP contribution in [0.4, 0.5) is 0 Å². The molecule has 0 spiro atoms. The summed E-state index contributed by atoms with van der Waals surface area (Å²) in [6.45, 7) is 0.586. The van der Waals surface area contributed by atoms with Crippen molar-refractivity contribution in [1.29, 1.82) is 0 Å². The summed E-state index contributed by atoms with van der Waals surface area (Å²) in [7, 11) is -7.75. The number of hydrogen-bond donors (Lipinski definition) is 1. The summed E-state index contributed by atoms with van der Waals surface area (Å²) in [5.41, 5.74) is 4.26. The van der Waals surface area contributed by atoms with E-state index in [2.05, 4.69) is 5.48 Å². The number of thiophene rings is 1. The number of nitrogens with one attached hydrogen (secondary N) is 1. The highest BCUT2D eigenvalue weighted by molar-refractivity contribution is 7.91. The summed E-state index contributed by atoms with van der Waals surface area (Å²) in [5.74, 6) is 0.0908. The van der Waals surface area contributed by atoms with E-state index in [9.17, 15) is 21.6 Å². The number of carbonyl (C=O) groups excluding carboxylic acids is 1. The molecule has 0 aliphatic carbocycles. The van der Waals surface area contributed by atoms with Gasteiger partial charge in [0.05, 0.1) is 12.9 Å². The highest BCUT2D eigenvalue weighted by Gasteiger charge is 2.43. The molecule has 14 heteroatoms. The van der Waals surface area contributed by atoms with Crippen molar-refractivity contribution in [3.05, 3.63) is 35.9 Å². The molecular formula is C23H29N3O8S3. The van der Waals surface area contributed by atoms with Gasteiger partial charge in [-0.2, -0.15) is 8.61 Å². The topological polar surface area (TPSA) is 132 Å². The van der Waals surface area contributed by atoms with E-state index in [1.165, 1.54) is 6.07 Å². The van der Waals surface area contributed by atoms with Crippen LogP contribution in [-0.4, -0.2) is 82.8 Å². The van der Waals surface area contributed by atoms with Gasteiger partial charge in [0, 0.05) is 44.0 Å². The molecule has 0 bridgehead atoms. The second-order valence-electron chi connectivity index (χ2n) is 9.17. The fourth-order valence-electron chi connectivity index (χ4n) is 4.61. The molecule has 0 radical (unpaired) electrons. The van der Waals surface area contributed by atoms with E-state index >= 15 is 0 Å². The predicted octanol–water partition coefficient (Wildman–Crippen LogP) is 1.56. The fourth-order valence-corrected chi connectivity index (χ4v) is 8.44. The van der Waals surface area contributed by atoms with Crippen molar-refractivity contribution in [3.63, 3.8) is 0 Å². The van der Waals surface area contributed by atoms with Crippen molar-refractivity contribution in [3.8, 4) is 16.2 Å². The molecule has 1 aromatic heterocycles. The first-order valence-electron chi connectivity index (χ1n) is 12.0. The van der Waals surface area contributed by atoms with Crippen LogP contribution in [0, 0.1) is 0 Å². The summed E-state index contributed by atoms with van der Waals surface area (Å²) in [6.07, 6.45) is 3.57. The monoisotopic (exact) mass is 571 g/mol. The molecule has 4 heterocycles. The van der Waals surface area contributed by atoms with Crippen molar-refractivity contribution < 1.29 is 35.9 Å². The Hall–Kier alpha value is -2.07. The van der Waals surface area contributed by atoms with E-state index in [-0.39, 0.29) is 23.8 Å². The zero-order valence-electron chi connectivity index (χ0n) is 20.3. The molecule has 0 saturated carbocycles. The van der Waals surface area contributed by atoms with Crippen LogP contribution in [0.15, 0.2) is 34.5 Å². The Kier molecular flexibility index (Phi) is 7.60. The number of sulfonamides is 2. The summed E-state index contributed by atoms with van der Waals surface area (Å²) >= 11 is 1.10. The molecule has 37 heavy (non-hydrogen) atoms. The van der Waals surface area contributed by atoms with Crippen LogP contribution in [-0.2, 0) is 40.8 Å². The molecule has 1 amide bonds. The van der Waals surface area contributed by atoms with Crippen molar-refractivity contribution in [1.82, 2.24) is 14.1 Å². The first-order chi connectivity index (χ1) is 17.6. The predicted molar refractivity (Wildman–Crippen MR) is 136 cm³/mol. The van der Waals surface area contributed by atoms with E-state index in [0.29, 0.717) is 19.6 Å². The van der Waals surface area contributed by atoms with E-state index in [0.717, 1.165) is 67.2 Å². The molecule has 1 unspecified atom stereocenters. The fraction of sp³-hybridized carbons (Fsp3) is 0.522. The molecule has 3 aliphatic heterocycles. The molecule has 2 saturated heterocycles. The number of piperazine rings is 1. The average Bonchev–Trinajstić information content (AvgIpc) is 3.57. The second-order valence-corrected chi connectivity index (χ2v) is 14.4.